The van der Waals surface area contributed by atoms with Crippen LogP contribution in [0.3, 0.4) is 0 Å². The van der Waals surface area contributed by atoms with Gasteiger partial charge in [0.2, 0.25) is 0 Å². The maximum atomic E-state index is 12.5. The lowest BCUT2D eigenvalue weighted by Crippen LogP contribution is -2.30. The van der Waals surface area contributed by atoms with Crippen molar-refractivity contribution in [1.82, 2.24) is 0 Å². The van der Waals surface area contributed by atoms with Gasteiger partial charge in [0, 0.05) is 5.69 Å². The van der Waals surface area contributed by atoms with Crippen LogP contribution in [-0.4, -0.2) is 23.9 Å². The van der Waals surface area contributed by atoms with Crippen molar-refractivity contribution in [2.24, 2.45) is 0 Å². The van der Waals surface area contributed by atoms with Gasteiger partial charge in [0.25, 0.3) is 11.8 Å². The molecule has 7 heteroatoms. The van der Waals surface area contributed by atoms with Gasteiger partial charge in [-0.05, 0) is 43.3 Å². The number of hydrogen-bond donors (Lipinski definition) is 2. The summed E-state index contributed by atoms with van der Waals surface area (Å²) < 4.78 is 10.3. The molecule has 3 rings (SSSR count). The Morgan fingerprint density at radius 1 is 0.893 bits per heavy atom. The average molecular weight is 378 g/mol. The maximum absolute atomic E-state index is 12.5. The molecule has 0 fully saturated rings. The van der Waals surface area contributed by atoms with Crippen LogP contribution in [0.15, 0.2) is 77.4 Å². The van der Waals surface area contributed by atoms with Crippen molar-refractivity contribution in [3.63, 3.8) is 0 Å². The highest BCUT2D eigenvalue weighted by Crippen LogP contribution is 2.18. The Hall–Kier alpha value is -3.87. The van der Waals surface area contributed by atoms with E-state index in [-0.39, 0.29) is 17.0 Å². The molecule has 142 valence electrons. The molecule has 3 aromatic rings. The van der Waals surface area contributed by atoms with Gasteiger partial charge in [0.15, 0.2) is 11.9 Å². The summed E-state index contributed by atoms with van der Waals surface area (Å²) in [6.45, 7) is 1.47. The quantitative estimate of drug-likeness (QED) is 0.637. The van der Waals surface area contributed by atoms with Gasteiger partial charge >= 0.3 is 5.97 Å². The molecule has 1 aromatic heterocycles. The second-order valence-electron chi connectivity index (χ2n) is 5.88. The van der Waals surface area contributed by atoms with Crippen molar-refractivity contribution in [3.05, 3.63) is 84.3 Å². The molecular formula is C21H18N2O5. The number of anilines is 2. The lowest BCUT2D eigenvalue weighted by Gasteiger charge is -2.15. The van der Waals surface area contributed by atoms with E-state index < -0.39 is 23.9 Å². The number of carbonyl (C=O) groups excluding carboxylic acids is 3. The number of rotatable bonds is 6. The van der Waals surface area contributed by atoms with Crippen molar-refractivity contribution < 1.29 is 23.5 Å². The number of esters is 1. The van der Waals surface area contributed by atoms with E-state index in [0.717, 1.165) is 0 Å². The van der Waals surface area contributed by atoms with Crippen molar-refractivity contribution in [1.29, 1.82) is 0 Å². The van der Waals surface area contributed by atoms with E-state index in [1.54, 1.807) is 48.5 Å². The van der Waals surface area contributed by atoms with Gasteiger partial charge in [-0.3, -0.25) is 9.59 Å². The van der Waals surface area contributed by atoms with Crippen LogP contribution >= 0.6 is 0 Å². The lowest BCUT2D eigenvalue weighted by atomic mass is 10.1. The molecule has 0 aliphatic rings. The number of nitrogens with one attached hydrogen (secondary N) is 2. The minimum Gasteiger partial charge on any atom is -0.459 e. The fraction of sp³-hybridized carbons (Fsp3) is 0.0952. The number of amides is 2. The first-order chi connectivity index (χ1) is 13.5. The van der Waals surface area contributed by atoms with E-state index in [1.807, 2.05) is 6.07 Å². The second kappa shape index (κ2) is 8.68. The Morgan fingerprint density at radius 3 is 2.32 bits per heavy atom. The average Bonchev–Trinajstić information content (AvgIpc) is 3.24. The summed E-state index contributed by atoms with van der Waals surface area (Å²) in [7, 11) is 0. The maximum Gasteiger partial charge on any atom is 0.341 e. The van der Waals surface area contributed by atoms with Crippen molar-refractivity contribution in [3.8, 4) is 0 Å². The van der Waals surface area contributed by atoms with Gasteiger partial charge in [-0.2, -0.15) is 0 Å². The van der Waals surface area contributed by atoms with Crippen LogP contribution in [-0.2, 0) is 9.53 Å². The Bertz CT molecular complexity index is 967. The predicted octanol–water partition coefficient (Wildman–Crippen LogP) is 3.72. The fourth-order valence-corrected chi connectivity index (χ4v) is 2.40. The van der Waals surface area contributed by atoms with Gasteiger partial charge in [-0.1, -0.05) is 30.3 Å². The monoisotopic (exact) mass is 378 g/mol. The molecule has 0 aliphatic heterocycles. The van der Waals surface area contributed by atoms with Gasteiger partial charge in [-0.25, -0.2) is 4.79 Å². The van der Waals surface area contributed by atoms with Crippen LogP contribution in [0.5, 0.6) is 0 Å². The first-order valence-corrected chi connectivity index (χ1v) is 8.55. The molecule has 0 aliphatic carbocycles. The smallest absolute Gasteiger partial charge is 0.341 e. The molecule has 2 aromatic carbocycles. The molecule has 0 saturated carbocycles. The molecule has 0 saturated heterocycles. The Kier molecular flexibility index (Phi) is 5.86. The summed E-state index contributed by atoms with van der Waals surface area (Å²) in [5.41, 5.74) is 0.979. The molecule has 1 heterocycles. The fourth-order valence-electron chi connectivity index (χ4n) is 2.40. The van der Waals surface area contributed by atoms with E-state index in [1.165, 1.54) is 25.3 Å². The van der Waals surface area contributed by atoms with E-state index in [2.05, 4.69) is 10.6 Å². The van der Waals surface area contributed by atoms with Gasteiger partial charge in [0.05, 0.1) is 17.5 Å². The molecule has 0 spiro atoms. The molecular weight excluding hydrogens is 360 g/mol. The number of ether oxygens (including phenoxy) is 1. The second-order valence-corrected chi connectivity index (χ2v) is 5.88. The largest absolute Gasteiger partial charge is 0.459 e. The first-order valence-electron chi connectivity index (χ1n) is 8.55. The summed E-state index contributed by atoms with van der Waals surface area (Å²) in [6.07, 6.45) is 0.351. The van der Waals surface area contributed by atoms with E-state index in [0.29, 0.717) is 5.69 Å². The minimum atomic E-state index is -1.03. The van der Waals surface area contributed by atoms with Crippen LogP contribution in [0, 0.1) is 0 Å². The highest BCUT2D eigenvalue weighted by molar-refractivity contribution is 6.07. The van der Waals surface area contributed by atoms with Crippen LogP contribution < -0.4 is 10.6 Å². The third-order valence-corrected chi connectivity index (χ3v) is 3.83. The molecule has 1 unspecified atom stereocenters. The molecule has 2 N–H and O–H groups in total. The number of benzene rings is 2. The number of para-hydroxylation sites is 2. The van der Waals surface area contributed by atoms with Crippen LogP contribution in [0.1, 0.15) is 27.8 Å². The summed E-state index contributed by atoms with van der Waals surface area (Å²) in [5, 5.41) is 5.27. The van der Waals surface area contributed by atoms with Crippen LogP contribution in [0.2, 0.25) is 0 Å². The SMILES string of the molecule is CC(OC(=O)c1ccccc1NC(=O)c1ccco1)C(=O)Nc1ccccc1. The Balaban J connectivity index is 1.67. The summed E-state index contributed by atoms with van der Waals surface area (Å²) in [4.78, 5) is 36.9. The zero-order valence-electron chi connectivity index (χ0n) is 15.0. The van der Waals surface area contributed by atoms with Gasteiger partial charge in [-0.15, -0.1) is 0 Å². The summed E-state index contributed by atoms with van der Waals surface area (Å²) in [5.74, 6) is -1.58. The zero-order valence-corrected chi connectivity index (χ0v) is 15.0. The standard InChI is InChI=1S/C21H18N2O5/c1-14(19(24)22-15-8-3-2-4-9-15)28-21(26)16-10-5-6-11-17(16)23-20(25)18-12-7-13-27-18/h2-14H,1H3,(H,22,24)(H,23,25). The molecule has 0 radical (unpaired) electrons. The van der Waals surface area contributed by atoms with Crippen LogP contribution in [0.25, 0.3) is 0 Å². The highest BCUT2D eigenvalue weighted by Gasteiger charge is 2.22. The summed E-state index contributed by atoms with van der Waals surface area (Å²) >= 11 is 0. The molecule has 7 nitrogen and oxygen atoms in total. The van der Waals surface area contributed by atoms with E-state index >= 15 is 0 Å². The summed E-state index contributed by atoms with van der Waals surface area (Å²) in [6, 6.07) is 18.3. The number of furan rings is 1. The topological polar surface area (TPSA) is 97.6 Å². The number of carbonyl (C=O) groups is 3. The third-order valence-electron chi connectivity index (χ3n) is 3.83. The lowest BCUT2D eigenvalue weighted by molar-refractivity contribution is -0.123. The van der Waals surface area contributed by atoms with E-state index in [4.69, 9.17) is 9.15 Å². The molecule has 1 atom stereocenters. The zero-order chi connectivity index (χ0) is 19.9. The molecule has 0 bridgehead atoms. The number of hydrogen-bond acceptors (Lipinski definition) is 5. The van der Waals surface area contributed by atoms with Crippen LogP contribution in [0.4, 0.5) is 11.4 Å². The minimum absolute atomic E-state index is 0.110. The Labute approximate surface area is 161 Å². The normalized spacial score (nSPS) is 11.3. The Morgan fingerprint density at radius 2 is 1.61 bits per heavy atom. The highest BCUT2D eigenvalue weighted by atomic mass is 16.5. The van der Waals surface area contributed by atoms with Gasteiger partial charge in [0.1, 0.15) is 0 Å². The van der Waals surface area contributed by atoms with Crippen molar-refractivity contribution in [2.75, 3.05) is 10.6 Å². The van der Waals surface area contributed by atoms with E-state index in [9.17, 15) is 14.4 Å². The molecule has 28 heavy (non-hydrogen) atoms. The predicted molar refractivity (Wildman–Crippen MR) is 103 cm³/mol. The third kappa shape index (κ3) is 4.64. The first kappa shape index (κ1) is 18.9. The van der Waals surface area contributed by atoms with Crippen molar-refractivity contribution in [2.45, 2.75) is 13.0 Å². The molecule has 2 amide bonds. The van der Waals surface area contributed by atoms with Crippen molar-refractivity contribution >= 4 is 29.2 Å². The van der Waals surface area contributed by atoms with Gasteiger partial charge < -0.3 is 19.8 Å².